The van der Waals surface area contributed by atoms with Crippen LogP contribution < -0.4 is 9.47 Å². The smallest absolute Gasteiger partial charge is 0.295 e. The lowest BCUT2D eigenvalue weighted by Gasteiger charge is -2.29. The van der Waals surface area contributed by atoms with Crippen LogP contribution in [0.15, 0.2) is 84.4 Å². The molecule has 2 heterocycles. The van der Waals surface area contributed by atoms with Gasteiger partial charge in [-0.2, -0.15) is 0 Å². The second-order valence-corrected chi connectivity index (χ2v) is 9.87. The molecule has 0 bridgehead atoms. The van der Waals surface area contributed by atoms with Crippen LogP contribution in [0.2, 0.25) is 0 Å². The Morgan fingerprint density at radius 1 is 0.900 bits per heavy atom. The SMILES string of the molecule is COc1ccc(C(O)=C2C(=O)C(=O)N(CCCN3CCOCC3)C2c2ccc(OCc3ccccc3)cc2)cc1. The first-order valence-corrected chi connectivity index (χ1v) is 13.5. The van der Waals surface area contributed by atoms with Gasteiger partial charge in [-0.15, -0.1) is 0 Å². The number of morpholine rings is 1. The zero-order chi connectivity index (χ0) is 27.9. The van der Waals surface area contributed by atoms with Crippen molar-refractivity contribution in [3.63, 3.8) is 0 Å². The third-order valence-corrected chi connectivity index (χ3v) is 7.32. The third-order valence-electron chi connectivity index (χ3n) is 7.32. The van der Waals surface area contributed by atoms with E-state index in [2.05, 4.69) is 4.90 Å². The van der Waals surface area contributed by atoms with E-state index in [1.807, 2.05) is 54.6 Å². The Morgan fingerprint density at radius 2 is 1.57 bits per heavy atom. The molecule has 2 aliphatic rings. The fourth-order valence-corrected chi connectivity index (χ4v) is 5.14. The van der Waals surface area contributed by atoms with Gasteiger partial charge in [-0.1, -0.05) is 42.5 Å². The van der Waals surface area contributed by atoms with Crippen molar-refractivity contribution in [3.8, 4) is 11.5 Å². The Morgan fingerprint density at radius 3 is 2.25 bits per heavy atom. The average molecular weight is 543 g/mol. The van der Waals surface area contributed by atoms with Gasteiger partial charge in [-0.25, -0.2) is 0 Å². The summed E-state index contributed by atoms with van der Waals surface area (Å²) in [6, 6.07) is 23.3. The van der Waals surface area contributed by atoms with Crippen LogP contribution >= 0.6 is 0 Å². The predicted octanol–water partition coefficient (Wildman–Crippen LogP) is 4.42. The number of nitrogens with zero attached hydrogens (tertiary/aromatic N) is 2. The topological polar surface area (TPSA) is 88.5 Å². The van der Waals surface area contributed by atoms with Gasteiger partial charge in [0, 0.05) is 31.7 Å². The Kier molecular flexibility index (Phi) is 8.78. The van der Waals surface area contributed by atoms with Gasteiger partial charge in [-0.05, 0) is 53.9 Å². The lowest BCUT2D eigenvalue weighted by atomic mass is 9.95. The fourth-order valence-electron chi connectivity index (χ4n) is 5.14. The number of ether oxygens (including phenoxy) is 3. The van der Waals surface area contributed by atoms with E-state index in [0.717, 1.165) is 30.8 Å². The van der Waals surface area contributed by atoms with Crippen molar-refractivity contribution in [2.75, 3.05) is 46.5 Å². The Hall–Kier alpha value is -4.14. The highest BCUT2D eigenvalue weighted by atomic mass is 16.5. The standard InChI is InChI=1S/C32H34N2O6/c1-38-26-12-10-25(11-13-26)30(35)28-29(24-8-14-27(15-9-24)40-22-23-6-3-2-4-7-23)34(32(37)31(28)36)17-5-16-33-18-20-39-21-19-33/h2-4,6-15,29,35H,5,16-22H2,1H3. The van der Waals surface area contributed by atoms with Crippen LogP contribution in [-0.2, 0) is 20.9 Å². The van der Waals surface area contributed by atoms with E-state index in [1.165, 1.54) is 0 Å². The van der Waals surface area contributed by atoms with Crippen LogP contribution in [0.5, 0.6) is 11.5 Å². The Balaban J connectivity index is 1.41. The summed E-state index contributed by atoms with van der Waals surface area (Å²) in [6.07, 6.45) is 0.699. The first-order chi connectivity index (χ1) is 19.5. The summed E-state index contributed by atoms with van der Waals surface area (Å²) in [6.45, 7) is 4.71. The van der Waals surface area contributed by atoms with Crippen LogP contribution in [-0.4, -0.2) is 73.1 Å². The molecular formula is C32H34N2O6. The molecular weight excluding hydrogens is 508 g/mol. The second-order valence-electron chi connectivity index (χ2n) is 9.87. The summed E-state index contributed by atoms with van der Waals surface area (Å²) in [5.74, 6) is -0.193. The summed E-state index contributed by atoms with van der Waals surface area (Å²) in [4.78, 5) is 30.5. The summed E-state index contributed by atoms with van der Waals surface area (Å²) >= 11 is 0. The van der Waals surface area contributed by atoms with Gasteiger partial charge in [0.2, 0.25) is 0 Å². The molecule has 1 unspecified atom stereocenters. The molecule has 2 fully saturated rings. The second kappa shape index (κ2) is 12.8. The van der Waals surface area contributed by atoms with Crippen LogP contribution in [0.3, 0.4) is 0 Å². The van der Waals surface area contributed by atoms with Crippen molar-refractivity contribution >= 4 is 17.4 Å². The van der Waals surface area contributed by atoms with Crippen molar-refractivity contribution in [1.82, 2.24) is 9.80 Å². The van der Waals surface area contributed by atoms with Gasteiger partial charge in [0.1, 0.15) is 23.9 Å². The van der Waals surface area contributed by atoms with Crippen molar-refractivity contribution in [2.45, 2.75) is 19.1 Å². The fraction of sp³-hybridized carbons (Fsp3) is 0.312. The molecule has 3 aromatic rings. The number of Topliss-reactive ketones (excluding diaryl/α,β-unsaturated/α-hetero) is 1. The lowest BCUT2D eigenvalue weighted by molar-refractivity contribution is -0.140. The van der Waals surface area contributed by atoms with Crippen molar-refractivity contribution in [2.24, 2.45) is 0 Å². The first kappa shape index (κ1) is 27.4. The minimum Gasteiger partial charge on any atom is -0.507 e. The molecule has 1 amide bonds. The molecule has 0 spiro atoms. The number of benzene rings is 3. The molecule has 0 aliphatic carbocycles. The summed E-state index contributed by atoms with van der Waals surface area (Å²) < 4.78 is 16.6. The number of aliphatic hydroxyl groups is 1. The van der Waals surface area contributed by atoms with Gasteiger partial charge < -0.3 is 24.2 Å². The van der Waals surface area contributed by atoms with E-state index < -0.39 is 17.7 Å². The molecule has 2 aliphatic heterocycles. The van der Waals surface area contributed by atoms with E-state index >= 15 is 0 Å². The maximum absolute atomic E-state index is 13.3. The predicted molar refractivity (Wildman–Crippen MR) is 151 cm³/mol. The maximum atomic E-state index is 13.3. The molecule has 0 saturated carbocycles. The summed E-state index contributed by atoms with van der Waals surface area (Å²) in [5, 5.41) is 11.3. The summed E-state index contributed by atoms with van der Waals surface area (Å²) in [7, 11) is 1.56. The largest absolute Gasteiger partial charge is 0.507 e. The van der Waals surface area contributed by atoms with Crippen molar-refractivity contribution in [1.29, 1.82) is 0 Å². The number of carbonyl (C=O) groups is 2. The molecule has 8 nitrogen and oxygen atoms in total. The van der Waals surface area contributed by atoms with Gasteiger partial charge in [0.25, 0.3) is 11.7 Å². The number of hydrogen-bond acceptors (Lipinski definition) is 7. The molecule has 3 aromatic carbocycles. The molecule has 5 rings (SSSR count). The van der Waals surface area contributed by atoms with Crippen LogP contribution in [0.4, 0.5) is 0 Å². The zero-order valence-corrected chi connectivity index (χ0v) is 22.6. The zero-order valence-electron chi connectivity index (χ0n) is 22.6. The molecule has 8 heteroatoms. The lowest BCUT2D eigenvalue weighted by Crippen LogP contribution is -2.38. The highest BCUT2D eigenvalue weighted by Gasteiger charge is 2.45. The average Bonchev–Trinajstić information content (AvgIpc) is 3.26. The van der Waals surface area contributed by atoms with Gasteiger partial charge in [0.05, 0.1) is 31.9 Å². The molecule has 1 N–H and O–H groups in total. The minimum absolute atomic E-state index is 0.0829. The normalized spacial score (nSPS) is 19.1. The summed E-state index contributed by atoms with van der Waals surface area (Å²) in [5.41, 5.74) is 2.31. The Bertz CT molecular complexity index is 1330. The number of methoxy groups -OCH3 is 1. The highest BCUT2D eigenvalue weighted by Crippen LogP contribution is 2.40. The van der Waals surface area contributed by atoms with Crippen molar-refractivity contribution in [3.05, 3.63) is 101 Å². The number of amides is 1. The number of likely N-dealkylation sites (tertiary alicyclic amines) is 1. The van der Waals surface area contributed by atoms with Gasteiger partial charge >= 0.3 is 0 Å². The van der Waals surface area contributed by atoms with Gasteiger partial charge in [0.15, 0.2) is 0 Å². The highest BCUT2D eigenvalue weighted by molar-refractivity contribution is 6.46. The molecule has 1 atom stereocenters. The number of hydrogen-bond donors (Lipinski definition) is 1. The number of ketones is 1. The van der Waals surface area contributed by atoms with Crippen LogP contribution in [0, 0.1) is 0 Å². The number of carbonyl (C=O) groups excluding carboxylic acids is 2. The van der Waals surface area contributed by atoms with E-state index in [1.54, 1.807) is 36.3 Å². The van der Waals surface area contributed by atoms with E-state index in [-0.39, 0.29) is 11.3 Å². The van der Waals surface area contributed by atoms with Crippen LogP contribution in [0.25, 0.3) is 5.76 Å². The van der Waals surface area contributed by atoms with E-state index in [0.29, 0.717) is 49.8 Å². The third kappa shape index (κ3) is 6.19. The van der Waals surface area contributed by atoms with E-state index in [9.17, 15) is 14.7 Å². The minimum atomic E-state index is -0.713. The molecule has 208 valence electrons. The quantitative estimate of drug-likeness (QED) is 0.231. The molecule has 40 heavy (non-hydrogen) atoms. The first-order valence-electron chi connectivity index (χ1n) is 13.5. The van der Waals surface area contributed by atoms with Crippen LogP contribution in [0.1, 0.15) is 29.2 Å². The maximum Gasteiger partial charge on any atom is 0.295 e. The Labute approximate surface area is 234 Å². The number of rotatable bonds is 10. The molecule has 0 radical (unpaired) electrons. The number of aliphatic hydroxyl groups excluding tert-OH is 1. The van der Waals surface area contributed by atoms with Crippen molar-refractivity contribution < 1.29 is 28.9 Å². The van der Waals surface area contributed by atoms with E-state index in [4.69, 9.17) is 14.2 Å². The molecule has 0 aromatic heterocycles. The van der Waals surface area contributed by atoms with Gasteiger partial charge in [-0.3, -0.25) is 14.5 Å². The monoisotopic (exact) mass is 542 g/mol. The molecule has 2 saturated heterocycles.